The molecule has 3 rings (SSSR count). The van der Waals surface area contributed by atoms with E-state index in [-0.39, 0.29) is 0 Å². The van der Waals surface area contributed by atoms with E-state index in [1.807, 2.05) is 6.20 Å². The molecule has 0 aliphatic heterocycles. The van der Waals surface area contributed by atoms with Gasteiger partial charge in [-0.25, -0.2) is 0 Å². The van der Waals surface area contributed by atoms with E-state index < -0.39 is 0 Å². The normalized spacial score (nSPS) is 10.8. The van der Waals surface area contributed by atoms with Crippen molar-refractivity contribution >= 4 is 21.4 Å². The molecule has 0 bridgehead atoms. The molecule has 78 valence electrons. The first-order chi connectivity index (χ1) is 7.84. The molecule has 1 nitrogen and oxygen atoms in total. The van der Waals surface area contributed by atoms with Crippen LogP contribution in [-0.4, -0.2) is 4.98 Å². The fourth-order valence-corrected chi connectivity index (χ4v) is 2.70. The van der Waals surface area contributed by atoms with E-state index in [1.54, 1.807) is 11.3 Å². The first-order valence-corrected chi connectivity index (χ1v) is 6.12. The van der Waals surface area contributed by atoms with Gasteiger partial charge in [-0.05, 0) is 30.5 Å². The van der Waals surface area contributed by atoms with E-state index in [2.05, 4.69) is 53.7 Å². The summed E-state index contributed by atoms with van der Waals surface area (Å²) in [5.74, 6) is 0. The van der Waals surface area contributed by atoms with Gasteiger partial charge in [-0.1, -0.05) is 23.8 Å². The van der Waals surface area contributed by atoms with Gasteiger partial charge in [0.25, 0.3) is 0 Å². The fraction of sp³-hybridized carbons (Fsp3) is 0.0714. The van der Waals surface area contributed by atoms with Gasteiger partial charge >= 0.3 is 0 Å². The van der Waals surface area contributed by atoms with E-state index in [0.717, 1.165) is 5.69 Å². The number of nitrogens with zero attached hydrogens (tertiary/aromatic N) is 1. The molecule has 0 aliphatic carbocycles. The van der Waals surface area contributed by atoms with Gasteiger partial charge in [-0.3, -0.25) is 4.98 Å². The van der Waals surface area contributed by atoms with E-state index >= 15 is 0 Å². The molecule has 0 amide bonds. The zero-order chi connectivity index (χ0) is 11.0. The number of aromatic nitrogens is 1. The Balaban J connectivity index is 2.29. The summed E-state index contributed by atoms with van der Waals surface area (Å²) in [4.78, 5) is 4.50. The Morgan fingerprint density at radius 1 is 1.12 bits per heavy atom. The van der Waals surface area contributed by atoms with Crippen LogP contribution in [0, 0.1) is 6.92 Å². The van der Waals surface area contributed by atoms with Gasteiger partial charge in [0.05, 0.1) is 5.69 Å². The molecule has 0 saturated heterocycles. The van der Waals surface area contributed by atoms with Crippen LogP contribution in [0.5, 0.6) is 0 Å². The lowest BCUT2D eigenvalue weighted by molar-refractivity contribution is 1.35. The fourth-order valence-electron chi connectivity index (χ4n) is 1.92. The van der Waals surface area contributed by atoms with Crippen LogP contribution >= 0.6 is 11.3 Å². The second kappa shape index (κ2) is 3.72. The van der Waals surface area contributed by atoms with Gasteiger partial charge < -0.3 is 0 Å². The molecule has 16 heavy (non-hydrogen) atoms. The average molecular weight is 225 g/mol. The minimum Gasteiger partial charge on any atom is -0.256 e. The van der Waals surface area contributed by atoms with E-state index in [0.29, 0.717) is 0 Å². The Morgan fingerprint density at radius 3 is 2.94 bits per heavy atom. The predicted molar refractivity (Wildman–Crippen MR) is 69.8 cm³/mol. The van der Waals surface area contributed by atoms with Crippen molar-refractivity contribution in [2.24, 2.45) is 0 Å². The molecular weight excluding hydrogens is 214 g/mol. The summed E-state index contributed by atoms with van der Waals surface area (Å²) in [5.41, 5.74) is 3.55. The Hall–Kier alpha value is -1.67. The van der Waals surface area contributed by atoms with Gasteiger partial charge in [-0.15, -0.1) is 11.3 Å². The van der Waals surface area contributed by atoms with Crippen molar-refractivity contribution < 1.29 is 0 Å². The van der Waals surface area contributed by atoms with E-state index in [1.165, 1.54) is 21.2 Å². The standard InChI is InChI=1S/C14H11NS/c1-10-3-2-4-11(9-10)14-12-6-8-16-13(12)5-7-15-14/h2-9H,1H3. The molecule has 2 heteroatoms. The van der Waals surface area contributed by atoms with Crippen molar-refractivity contribution in [1.82, 2.24) is 4.98 Å². The lowest BCUT2D eigenvalue weighted by atomic mass is 10.1. The lowest BCUT2D eigenvalue weighted by Gasteiger charge is -2.03. The van der Waals surface area contributed by atoms with Gasteiger partial charge in [-0.2, -0.15) is 0 Å². The van der Waals surface area contributed by atoms with Gasteiger partial charge in [0.15, 0.2) is 0 Å². The van der Waals surface area contributed by atoms with E-state index in [9.17, 15) is 0 Å². The Morgan fingerprint density at radius 2 is 2.06 bits per heavy atom. The summed E-state index contributed by atoms with van der Waals surface area (Å²) in [7, 11) is 0. The van der Waals surface area contributed by atoms with Crippen LogP contribution in [0.2, 0.25) is 0 Å². The van der Waals surface area contributed by atoms with Gasteiger partial charge in [0.2, 0.25) is 0 Å². The lowest BCUT2D eigenvalue weighted by Crippen LogP contribution is -1.84. The topological polar surface area (TPSA) is 12.9 Å². The molecule has 0 fully saturated rings. The predicted octanol–water partition coefficient (Wildman–Crippen LogP) is 4.27. The second-order valence-corrected chi connectivity index (χ2v) is 4.81. The number of thiophene rings is 1. The molecule has 2 aromatic heterocycles. The summed E-state index contributed by atoms with van der Waals surface area (Å²) in [6.07, 6.45) is 1.89. The van der Waals surface area contributed by atoms with Crippen LogP contribution in [0.25, 0.3) is 21.3 Å². The molecular formula is C14H11NS. The molecule has 0 spiro atoms. The van der Waals surface area contributed by atoms with Crippen molar-refractivity contribution in [2.75, 3.05) is 0 Å². The second-order valence-electron chi connectivity index (χ2n) is 3.86. The minimum atomic E-state index is 1.09. The van der Waals surface area contributed by atoms with Crippen LogP contribution in [0.4, 0.5) is 0 Å². The van der Waals surface area contributed by atoms with Crippen LogP contribution in [0.1, 0.15) is 5.56 Å². The SMILES string of the molecule is Cc1cccc(-c2nccc3sccc23)c1. The van der Waals surface area contributed by atoms with Crippen molar-refractivity contribution in [3.8, 4) is 11.3 Å². The summed E-state index contributed by atoms with van der Waals surface area (Å²) in [5, 5.41) is 3.36. The first kappa shape index (κ1) is 9.55. The number of benzene rings is 1. The highest BCUT2D eigenvalue weighted by molar-refractivity contribution is 7.17. The van der Waals surface area contributed by atoms with Gasteiger partial charge in [0.1, 0.15) is 0 Å². The van der Waals surface area contributed by atoms with Crippen LogP contribution in [-0.2, 0) is 0 Å². The summed E-state index contributed by atoms with van der Waals surface area (Å²) >= 11 is 1.76. The Bertz CT molecular complexity index is 640. The molecule has 0 unspecified atom stereocenters. The highest BCUT2D eigenvalue weighted by Crippen LogP contribution is 2.29. The highest BCUT2D eigenvalue weighted by Gasteiger charge is 2.05. The van der Waals surface area contributed by atoms with Crippen molar-refractivity contribution in [2.45, 2.75) is 6.92 Å². The third-order valence-electron chi connectivity index (χ3n) is 2.67. The molecule has 0 aliphatic rings. The monoisotopic (exact) mass is 225 g/mol. The number of hydrogen-bond acceptors (Lipinski definition) is 2. The van der Waals surface area contributed by atoms with Crippen LogP contribution in [0.3, 0.4) is 0 Å². The van der Waals surface area contributed by atoms with Crippen molar-refractivity contribution in [3.05, 3.63) is 53.5 Å². The first-order valence-electron chi connectivity index (χ1n) is 5.24. The maximum atomic E-state index is 4.50. The largest absolute Gasteiger partial charge is 0.256 e. The molecule has 0 radical (unpaired) electrons. The number of pyridine rings is 1. The van der Waals surface area contributed by atoms with Gasteiger partial charge in [0, 0.05) is 21.8 Å². The molecule has 0 N–H and O–H groups in total. The average Bonchev–Trinajstić information content (AvgIpc) is 2.76. The minimum absolute atomic E-state index is 1.09. The third kappa shape index (κ3) is 1.51. The number of hydrogen-bond donors (Lipinski definition) is 0. The molecule has 0 saturated carbocycles. The summed E-state index contributed by atoms with van der Waals surface area (Å²) < 4.78 is 1.30. The Labute approximate surface area is 98.4 Å². The maximum absolute atomic E-state index is 4.50. The maximum Gasteiger partial charge on any atom is 0.0788 e. The summed E-state index contributed by atoms with van der Waals surface area (Å²) in [6, 6.07) is 12.7. The molecule has 1 aromatic carbocycles. The van der Waals surface area contributed by atoms with Crippen LogP contribution in [0.15, 0.2) is 48.0 Å². The number of rotatable bonds is 1. The highest BCUT2D eigenvalue weighted by atomic mass is 32.1. The van der Waals surface area contributed by atoms with Crippen LogP contribution < -0.4 is 0 Å². The molecule has 2 heterocycles. The third-order valence-corrected chi connectivity index (χ3v) is 3.55. The zero-order valence-corrected chi connectivity index (χ0v) is 9.79. The Kier molecular flexibility index (Phi) is 2.22. The van der Waals surface area contributed by atoms with E-state index in [4.69, 9.17) is 0 Å². The quantitative estimate of drug-likeness (QED) is 0.602. The molecule has 0 atom stereocenters. The summed E-state index contributed by atoms with van der Waals surface area (Å²) in [6.45, 7) is 2.11. The van der Waals surface area contributed by atoms with Crippen molar-refractivity contribution in [1.29, 1.82) is 0 Å². The number of aryl methyl sites for hydroxylation is 1. The number of fused-ring (bicyclic) bond motifs is 1. The zero-order valence-electron chi connectivity index (χ0n) is 8.97. The smallest absolute Gasteiger partial charge is 0.0788 e. The molecule has 3 aromatic rings. The van der Waals surface area contributed by atoms with Crippen molar-refractivity contribution in [3.63, 3.8) is 0 Å².